The largest absolute Gasteiger partial charge is 0.444 e. The van der Waals surface area contributed by atoms with Gasteiger partial charge in [-0.05, 0) is 51.9 Å². The Morgan fingerprint density at radius 2 is 1.91 bits per heavy atom. The van der Waals surface area contributed by atoms with Gasteiger partial charge < -0.3 is 15.4 Å². The van der Waals surface area contributed by atoms with Gasteiger partial charge in [-0.25, -0.2) is 4.79 Å². The fraction of sp³-hybridized carbons (Fsp3) is 0.842. The number of hydrogen-bond acceptors (Lipinski definition) is 3. The first-order valence-electron chi connectivity index (χ1n) is 9.11. The minimum Gasteiger partial charge on any atom is -0.444 e. The number of ether oxygens (including phenoxy) is 1. The Kier molecular flexibility index (Phi) is 8.67. The van der Waals surface area contributed by atoms with Gasteiger partial charge in [0.15, 0.2) is 0 Å². The first kappa shape index (κ1) is 20.0. The Morgan fingerprint density at radius 3 is 2.57 bits per heavy atom. The van der Waals surface area contributed by atoms with Crippen molar-refractivity contribution in [3.63, 3.8) is 0 Å². The zero-order valence-corrected chi connectivity index (χ0v) is 15.7. The van der Waals surface area contributed by atoms with Crippen LogP contribution in [0.1, 0.15) is 66.7 Å². The van der Waals surface area contributed by atoms with Crippen molar-refractivity contribution in [2.45, 2.75) is 78.4 Å². The maximum absolute atomic E-state index is 11.5. The van der Waals surface area contributed by atoms with E-state index >= 15 is 0 Å². The summed E-state index contributed by atoms with van der Waals surface area (Å²) in [5.74, 6) is 1.69. The summed E-state index contributed by atoms with van der Waals surface area (Å²) in [7, 11) is 0. The smallest absolute Gasteiger partial charge is 0.407 e. The zero-order chi connectivity index (χ0) is 17.3. The summed E-state index contributed by atoms with van der Waals surface area (Å²) < 4.78 is 5.18. The van der Waals surface area contributed by atoms with Crippen LogP contribution < -0.4 is 10.6 Å². The summed E-state index contributed by atoms with van der Waals surface area (Å²) in [5.41, 5.74) is -0.442. The van der Waals surface area contributed by atoms with Gasteiger partial charge in [-0.1, -0.05) is 38.8 Å². The van der Waals surface area contributed by atoms with Crippen molar-refractivity contribution in [2.24, 2.45) is 11.8 Å². The third-order valence-corrected chi connectivity index (χ3v) is 4.04. The summed E-state index contributed by atoms with van der Waals surface area (Å²) in [4.78, 5) is 11.5. The van der Waals surface area contributed by atoms with Crippen LogP contribution in [-0.4, -0.2) is 30.8 Å². The van der Waals surface area contributed by atoms with Gasteiger partial charge in [0.2, 0.25) is 0 Å². The summed E-state index contributed by atoms with van der Waals surface area (Å²) in [6.45, 7) is 11.6. The maximum atomic E-state index is 11.5. The lowest BCUT2D eigenvalue weighted by Gasteiger charge is -2.30. The van der Waals surface area contributed by atoms with Crippen LogP contribution in [0.25, 0.3) is 0 Å². The number of rotatable bonds is 7. The highest BCUT2D eigenvalue weighted by Crippen LogP contribution is 2.29. The summed E-state index contributed by atoms with van der Waals surface area (Å²) in [6.07, 6.45) is 10.4. The molecule has 0 spiro atoms. The van der Waals surface area contributed by atoms with Crippen LogP contribution in [0.4, 0.5) is 4.79 Å². The van der Waals surface area contributed by atoms with Gasteiger partial charge in [0, 0.05) is 19.1 Å². The van der Waals surface area contributed by atoms with Gasteiger partial charge in [0.1, 0.15) is 5.60 Å². The number of amides is 1. The second-order valence-corrected chi connectivity index (χ2v) is 8.12. The summed E-state index contributed by atoms with van der Waals surface area (Å²) >= 11 is 0. The maximum Gasteiger partial charge on any atom is 0.407 e. The van der Waals surface area contributed by atoms with E-state index in [-0.39, 0.29) is 6.09 Å². The molecule has 0 aliphatic heterocycles. The minimum absolute atomic E-state index is 0.362. The molecule has 0 bridgehead atoms. The lowest BCUT2D eigenvalue weighted by atomic mass is 9.81. The van der Waals surface area contributed by atoms with Crippen LogP contribution in [0.15, 0.2) is 12.2 Å². The van der Waals surface area contributed by atoms with Crippen molar-refractivity contribution in [3.8, 4) is 0 Å². The fourth-order valence-electron chi connectivity index (χ4n) is 3.21. The third-order valence-electron chi connectivity index (χ3n) is 4.04. The van der Waals surface area contributed by atoms with Crippen LogP contribution in [0, 0.1) is 11.8 Å². The molecule has 4 nitrogen and oxygen atoms in total. The molecular weight excluding hydrogens is 288 g/mol. The van der Waals surface area contributed by atoms with Gasteiger partial charge in [-0.3, -0.25) is 0 Å². The molecule has 1 aliphatic rings. The standard InChI is InChI=1S/C19H36N2O2/c1-15(2)13-16-9-8-10-17(14-16)20-11-6-7-12-21-18(22)23-19(3,4)5/h6-7,15-17,20H,8-14H2,1-5H3,(H,21,22)/b7-6+. The lowest BCUT2D eigenvalue weighted by Crippen LogP contribution is -2.35. The molecule has 1 aliphatic carbocycles. The SMILES string of the molecule is CC(C)CC1CCCC(NC/C=C/CNC(=O)OC(C)(C)C)C1. The Labute approximate surface area is 142 Å². The van der Waals surface area contributed by atoms with Crippen LogP contribution in [0.3, 0.4) is 0 Å². The van der Waals surface area contributed by atoms with Gasteiger partial charge in [0.05, 0.1) is 0 Å². The molecule has 0 radical (unpaired) electrons. The average Bonchev–Trinajstić information content (AvgIpc) is 2.40. The lowest BCUT2D eigenvalue weighted by molar-refractivity contribution is 0.0534. The molecular formula is C19H36N2O2. The van der Waals surface area contributed by atoms with Crippen LogP contribution >= 0.6 is 0 Å². The molecule has 0 aromatic heterocycles. The second kappa shape index (κ2) is 9.96. The van der Waals surface area contributed by atoms with E-state index in [0.717, 1.165) is 18.4 Å². The van der Waals surface area contributed by atoms with Crippen molar-refractivity contribution in [3.05, 3.63) is 12.2 Å². The monoisotopic (exact) mass is 324 g/mol. The Hall–Kier alpha value is -1.03. The van der Waals surface area contributed by atoms with Crippen molar-refractivity contribution < 1.29 is 9.53 Å². The Morgan fingerprint density at radius 1 is 1.22 bits per heavy atom. The van der Waals surface area contributed by atoms with E-state index in [1.54, 1.807) is 0 Å². The molecule has 4 heteroatoms. The topological polar surface area (TPSA) is 50.4 Å². The average molecular weight is 325 g/mol. The first-order chi connectivity index (χ1) is 10.8. The molecule has 0 aromatic rings. The van der Waals surface area contributed by atoms with Crippen LogP contribution in [0.5, 0.6) is 0 Å². The second-order valence-electron chi connectivity index (χ2n) is 8.12. The minimum atomic E-state index is -0.442. The van der Waals surface area contributed by atoms with E-state index < -0.39 is 5.60 Å². The van der Waals surface area contributed by atoms with Crippen LogP contribution in [-0.2, 0) is 4.74 Å². The molecule has 2 atom stereocenters. The fourth-order valence-corrected chi connectivity index (χ4v) is 3.21. The Bertz CT molecular complexity index is 372. The molecule has 0 aromatic carbocycles. The van der Waals surface area contributed by atoms with E-state index in [1.807, 2.05) is 26.8 Å². The van der Waals surface area contributed by atoms with Crippen molar-refractivity contribution in [1.82, 2.24) is 10.6 Å². The van der Waals surface area contributed by atoms with Crippen LogP contribution in [0.2, 0.25) is 0 Å². The van der Waals surface area contributed by atoms with Crippen molar-refractivity contribution in [2.75, 3.05) is 13.1 Å². The number of hydrogen-bond donors (Lipinski definition) is 2. The summed E-state index contributed by atoms with van der Waals surface area (Å²) in [5, 5.41) is 6.35. The predicted octanol–water partition coefficient (Wildman–Crippen LogP) is 4.26. The van der Waals surface area contributed by atoms with E-state index in [9.17, 15) is 4.79 Å². The highest BCUT2D eigenvalue weighted by atomic mass is 16.6. The first-order valence-corrected chi connectivity index (χ1v) is 9.11. The van der Waals surface area contributed by atoms with Gasteiger partial charge >= 0.3 is 6.09 Å². The Balaban J connectivity index is 2.12. The van der Waals surface area contributed by atoms with E-state index in [1.165, 1.54) is 32.1 Å². The number of nitrogens with one attached hydrogen (secondary N) is 2. The predicted molar refractivity (Wildman–Crippen MR) is 96.6 cm³/mol. The molecule has 134 valence electrons. The molecule has 23 heavy (non-hydrogen) atoms. The zero-order valence-electron chi connectivity index (χ0n) is 15.7. The molecule has 2 unspecified atom stereocenters. The number of carbonyl (C=O) groups excluding carboxylic acids is 1. The number of alkyl carbamates (subject to hydrolysis) is 1. The third kappa shape index (κ3) is 10.4. The molecule has 0 saturated heterocycles. The van der Waals surface area contributed by atoms with E-state index in [4.69, 9.17) is 4.74 Å². The molecule has 1 saturated carbocycles. The quantitative estimate of drug-likeness (QED) is 0.688. The van der Waals surface area contributed by atoms with Crippen molar-refractivity contribution >= 4 is 6.09 Å². The molecule has 1 rings (SSSR count). The normalized spacial score (nSPS) is 22.5. The van der Waals surface area contributed by atoms with E-state index in [0.29, 0.717) is 12.6 Å². The van der Waals surface area contributed by atoms with Gasteiger partial charge in [0.25, 0.3) is 0 Å². The molecule has 1 amide bonds. The van der Waals surface area contributed by atoms with Crippen molar-refractivity contribution in [1.29, 1.82) is 0 Å². The summed E-state index contributed by atoms with van der Waals surface area (Å²) in [6, 6.07) is 0.649. The molecule has 1 fully saturated rings. The van der Waals surface area contributed by atoms with E-state index in [2.05, 4.69) is 30.6 Å². The van der Waals surface area contributed by atoms with Gasteiger partial charge in [-0.15, -0.1) is 0 Å². The highest BCUT2D eigenvalue weighted by Gasteiger charge is 2.21. The highest BCUT2D eigenvalue weighted by molar-refractivity contribution is 5.67. The van der Waals surface area contributed by atoms with Gasteiger partial charge in [-0.2, -0.15) is 0 Å². The number of carbonyl (C=O) groups is 1. The molecule has 0 heterocycles. The molecule has 2 N–H and O–H groups in total.